The van der Waals surface area contributed by atoms with Gasteiger partial charge in [-0.05, 0) is 0 Å². The molecule has 0 aromatic carbocycles. The molecule has 0 aromatic rings. The molecule has 5 atom stereocenters. The third kappa shape index (κ3) is 5.64. The summed E-state index contributed by atoms with van der Waals surface area (Å²) in [6, 6.07) is 0. The molecule has 9 nitrogen and oxygen atoms in total. The Bertz CT molecular complexity index is 263. The Labute approximate surface area is 90.2 Å². The van der Waals surface area contributed by atoms with Crippen molar-refractivity contribution in [1.82, 2.24) is 0 Å². The number of carbonyl (C=O) groups is 1. The van der Waals surface area contributed by atoms with Gasteiger partial charge in [-0.15, -0.1) is 0 Å². The molecule has 0 aliphatic rings. The maximum atomic E-state index is 10.1. The Morgan fingerprint density at radius 2 is 1.75 bits per heavy atom. The van der Waals surface area contributed by atoms with E-state index in [9.17, 15) is 14.3 Å². The van der Waals surface area contributed by atoms with Crippen LogP contribution in [0, 0.1) is 0 Å². The molecular formula is C6H12O9P-. The highest BCUT2D eigenvalue weighted by molar-refractivity contribution is 7.44. The van der Waals surface area contributed by atoms with Crippen LogP contribution in [0.15, 0.2) is 0 Å². The standard InChI is InChI=1S/C6H13O9P/c7-1-3(8)5(10)6(11)4(9)2-15-16(12,13)14/h1,3-6,8-11H,2H2,(H2,12,13,14)/p-1/t3-,4-,5-,6-/m1/s1. The minimum Gasteiger partial charge on any atom is -0.756 e. The normalized spacial score (nSPS) is 22.9. The summed E-state index contributed by atoms with van der Waals surface area (Å²) in [7, 11) is -5.05. The van der Waals surface area contributed by atoms with Crippen LogP contribution in [0.3, 0.4) is 0 Å². The van der Waals surface area contributed by atoms with Crippen LogP contribution >= 0.6 is 7.82 Å². The van der Waals surface area contributed by atoms with Crippen LogP contribution < -0.4 is 4.89 Å². The summed E-state index contributed by atoms with van der Waals surface area (Å²) in [6.45, 7) is -1.03. The molecule has 0 aromatic heterocycles. The van der Waals surface area contributed by atoms with Crippen LogP contribution in [-0.2, 0) is 13.9 Å². The second-order valence-corrected chi connectivity index (χ2v) is 4.13. The number of hydrogen-bond donors (Lipinski definition) is 5. The molecule has 0 bridgehead atoms. The molecule has 0 aliphatic carbocycles. The van der Waals surface area contributed by atoms with E-state index in [2.05, 4.69) is 4.52 Å². The summed E-state index contributed by atoms with van der Waals surface area (Å²) in [4.78, 5) is 28.3. The molecule has 0 aliphatic heterocycles. The van der Waals surface area contributed by atoms with Crippen LogP contribution in [0.2, 0.25) is 0 Å². The quantitative estimate of drug-likeness (QED) is 0.226. The zero-order valence-electron chi connectivity index (χ0n) is 7.91. The van der Waals surface area contributed by atoms with E-state index in [1.807, 2.05) is 0 Å². The topological polar surface area (TPSA) is 168 Å². The molecule has 16 heavy (non-hydrogen) atoms. The van der Waals surface area contributed by atoms with E-state index in [-0.39, 0.29) is 6.29 Å². The van der Waals surface area contributed by atoms with E-state index in [0.29, 0.717) is 0 Å². The fourth-order valence-corrected chi connectivity index (χ4v) is 1.12. The summed E-state index contributed by atoms with van der Waals surface area (Å²) in [5.41, 5.74) is 0. The molecule has 96 valence electrons. The largest absolute Gasteiger partial charge is 0.756 e. The van der Waals surface area contributed by atoms with Gasteiger partial charge in [-0.3, -0.25) is 4.57 Å². The van der Waals surface area contributed by atoms with Crippen molar-refractivity contribution in [3.63, 3.8) is 0 Å². The summed E-state index contributed by atoms with van der Waals surface area (Å²) >= 11 is 0. The van der Waals surface area contributed by atoms with Gasteiger partial charge in [0.25, 0.3) is 7.82 Å². The molecule has 0 radical (unpaired) electrons. The average Bonchev–Trinajstić information content (AvgIpc) is 2.21. The van der Waals surface area contributed by atoms with E-state index >= 15 is 0 Å². The number of phosphoric ester groups is 1. The number of rotatable bonds is 7. The Hall–Kier alpha value is -0.380. The lowest BCUT2D eigenvalue weighted by Crippen LogP contribution is -2.46. The summed E-state index contributed by atoms with van der Waals surface area (Å²) < 4.78 is 13.9. The zero-order valence-corrected chi connectivity index (χ0v) is 8.80. The van der Waals surface area contributed by atoms with E-state index in [1.54, 1.807) is 0 Å². The van der Waals surface area contributed by atoms with Gasteiger partial charge in [0.2, 0.25) is 0 Å². The van der Waals surface area contributed by atoms with Crippen molar-refractivity contribution in [3.05, 3.63) is 0 Å². The summed E-state index contributed by atoms with van der Waals surface area (Å²) in [5, 5.41) is 36.0. The lowest BCUT2D eigenvalue weighted by Gasteiger charge is -2.25. The van der Waals surface area contributed by atoms with Crippen molar-refractivity contribution in [1.29, 1.82) is 0 Å². The Kier molecular flexibility index (Phi) is 6.23. The molecule has 0 heterocycles. The predicted molar refractivity (Wildman–Crippen MR) is 45.9 cm³/mol. The van der Waals surface area contributed by atoms with Crippen molar-refractivity contribution < 1.29 is 44.1 Å². The minimum absolute atomic E-state index is 0.0774. The molecule has 1 unspecified atom stereocenters. The number of phosphoric acid groups is 1. The Morgan fingerprint density at radius 1 is 1.25 bits per heavy atom. The third-order valence-corrected chi connectivity index (χ3v) is 2.12. The van der Waals surface area contributed by atoms with Gasteiger partial charge in [-0.25, -0.2) is 0 Å². The maximum absolute atomic E-state index is 10.1. The number of aldehydes is 1. The van der Waals surface area contributed by atoms with E-state index in [4.69, 9.17) is 25.3 Å². The molecule has 0 spiro atoms. The first-order chi connectivity index (χ1) is 7.19. The highest BCUT2D eigenvalue weighted by atomic mass is 31.2. The van der Waals surface area contributed by atoms with E-state index < -0.39 is 38.8 Å². The van der Waals surface area contributed by atoms with Crippen LogP contribution in [0.4, 0.5) is 0 Å². The second-order valence-electron chi connectivity index (χ2n) is 2.94. The molecule has 0 saturated carbocycles. The number of aliphatic hydroxyl groups is 4. The number of aliphatic hydroxyl groups excluding tert-OH is 4. The van der Waals surface area contributed by atoms with Crippen molar-refractivity contribution in [2.75, 3.05) is 6.61 Å². The SMILES string of the molecule is O=C[C@@H](O)[C@@H](O)[C@H](O)[C@H](O)COP(=O)([O-])O. The third-order valence-electron chi connectivity index (χ3n) is 1.64. The van der Waals surface area contributed by atoms with Crippen LogP contribution in [0.1, 0.15) is 0 Å². The summed E-state index contributed by atoms with van der Waals surface area (Å²) in [5.74, 6) is 0. The van der Waals surface area contributed by atoms with Gasteiger partial charge in [0.15, 0.2) is 6.29 Å². The molecule has 0 saturated heterocycles. The van der Waals surface area contributed by atoms with Crippen LogP contribution in [0.25, 0.3) is 0 Å². The first-order valence-electron chi connectivity index (χ1n) is 4.05. The highest BCUT2D eigenvalue weighted by Gasteiger charge is 2.30. The van der Waals surface area contributed by atoms with Crippen molar-refractivity contribution in [3.8, 4) is 0 Å². The molecular weight excluding hydrogens is 247 g/mol. The fourth-order valence-electron chi connectivity index (χ4n) is 0.779. The monoisotopic (exact) mass is 259 g/mol. The Morgan fingerprint density at radius 3 is 2.12 bits per heavy atom. The first-order valence-corrected chi connectivity index (χ1v) is 5.54. The first kappa shape index (κ1) is 15.6. The van der Waals surface area contributed by atoms with Gasteiger partial charge in [0.05, 0.1) is 6.61 Å². The zero-order chi connectivity index (χ0) is 12.9. The van der Waals surface area contributed by atoms with Gasteiger partial charge in [-0.1, -0.05) is 0 Å². The highest BCUT2D eigenvalue weighted by Crippen LogP contribution is 2.30. The lowest BCUT2D eigenvalue weighted by atomic mass is 10.0. The molecule has 0 rings (SSSR count). The minimum atomic E-state index is -5.05. The van der Waals surface area contributed by atoms with Crippen LogP contribution in [-0.4, -0.2) is 62.6 Å². The predicted octanol–water partition coefficient (Wildman–Crippen LogP) is -3.89. The summed E-state index contributed by atoms with van der Waals surface area (Å²) in [6.07, 6.45) is -7.92. The van der Waals surface area contributed by atoms with Gasteiger partial charge < -0.3 is 39.5 Å². The van der Waals surface area contributed by atoms with Crippen molar-refractivity contribution in [2.24, 2.45) is 0 Å². The van der Waals surface area contributed by atoms with Crippen molar-refractivity contribution in [2.45, 2.75) is 24.4 Å². The van der Waals surface area contributed by atoms with Crippen LogP contribution in [0.5, 0.6) is 0 Å². The van der Waals surface area contributed by atoms with E-state index in [1.165, 1.54) is 0 Å². The number of carbonyl (C=O) groups excluding carboxylic acids is 1. The molecule has 5 N–H and O–H groups in total. The van der Waals surface area contributed by atoms with Crippen molar-refractivity contribution >= 4 is 14.1 Å². The van der Waals surface area contributed by atoms with Gasteiger partial charge in [0, 0.05) is 0 Å². The maximum Gasteiger partial charge on any atom is 0.265 e. The second kappa shape index (κ2) is 6.38. The van der Waals surface area contributed by atoms with Gasteiger partial charge in [0.1, 0.15) is 24.4 Å². The van der Waals surface area contributed by atoms with Gasteiger partial charge >= 0.3 is 0 Å². The Balaban J connectivity index is 4.22. The lowest BCUT2D eigenvalue weighted by molar-refractivity contribution is -0.223. The molecule has 0 amide bonds. The molecule has 0 fully saturated rings. The average molecular weight is 259 g/mol. The number of hydrogen-bond acceptors (Lipinski definition) is 8. The molecule has 10 heteroatoms. The van der Waals surface area contributed by atoms with Gasteiger partial charge in [-0.2, -0.15) is 0 Å². The smallest absolute Gasteiger partial charge is 0.265 e. The fraction of sp³-hybridized carbons (Fsp3) is 0.833. The van der Waals surface area contributed by atoms with E-state index in [0.717, 1.165) is 0 Å².